The first-order valence-electron chi connectivity index (χ1n) is 7.98. The molecule has 6 nitrogen and oxygen atoms in total. The number of hydrogen-bond acceptors (Lipinski definition) is 4. The Labute approximate surface area is 137 Å². The fraction of sp³-hybridized carbons (Fsp3) is 0.529. The molecular weight excluding hydrogens is 294 g/mol. The summed E-state index contributed by atoms with van der Waals surface area (Å²) in [5.74, 6) is -0.396. The minimum Gasteiger partial charge on any atom is -0.379 e. The van der Waals surface area contributed by atoms with Gasteiger partial charge in [0.25, 0.3) is 5.91 Å². The number of amides is 2. The number of nitrogens with zero attached hydrogens (tertiary/aromatic N) is 1. The van der Waals surface area contributed by atoms with Crippen molar-refractivity contribution >= 4 is 11.8 Å². The van der Waals surface area contributed by atoms with Crippen molar-refractivity contribution in [3.05, 3.63) is 34.9 Å². The molecule has 1 heterocycles. The molecule has 1 aliphatic rings. The molecule has 0 bridgehead atoms. The van der Waals surface area contributed by atoms with E-state index in [0.717, 1.165) is 44.0 Å². The maximum Gasteiger partial charge on any atom is 0.251 e. The van der Waals surface area contributed by atoms with Crippen LogP contribution in [0.5, 0.6) is 0 Å². The first kappa shape index (κ1) is 17.4. The van der Waals surface area contributed by atoms with Crippen molar-refractivity contribution < 1.29 is 14.3 Å². The van der Waals surface area contributed by atoms with Crippen molar-refractivity contribution in [3.63, 3.8) is 0 Å². The number of carbonyl (C=O) groups excluding carboxylic acids is 2. The summed E-state index contributed by atoms with van der Waals surface area (Å²) in [6, 6.07) is 5.52. The third-order valence-corrected chi connectivity index (χ3v) is 4.03. The largest absolute Gasteiger partial charge is 0.379 e. The topological polar surface area (TPSA) is 70.7 Å². The zero-order valence-corrected chi connectivity index (χ0v) is 13.9. The molecule has 1 saturated heterocycles. The minimum absolute atomic E-state index is 0.00509. The first-order valence-corrected chi connectivity index (χ1v) is 7.98. The molecule has 2 rings (SSSR count). The molecule has 1 aromatic carbocycles. The van der Waals surface area contributed by atoms with Gasteiger partial charge in [0.1, 0.15) is 0 Å². The van der Waals surface area contributed by atoms with Crippen molar-refractivity contribution in [1.29, 1.82) is 0 Å². The Hall–Kier alpha value is -1.92. The molecule has 0 spiro atoms. The van der Waals surface area contributed by atoms with E-state index in [1.807, 2.05) is 26.0 Å². The first-order chi connectivity index (χ1) is 11.1. The van der Waals surface area contributed by atoms with Gasteiger partial charge in [-0.15, -0.1) is 0 Å². The molecule has 0 unspecified atom stereocenters. The SMILES string of the molecule is Cc1ccc(C(=O)NCC(=O)NCCN2CCOCC2)cc1C. The summed E-state index contributed by atoms with van der Waals surface area (Å²) in [5, 5.41) is 5.47. The Bertz CT molecular complexity index is 554. The van der Waals surface area contributed by atoms with Crippen LogP contribution in [0.3, 0.4) is 0 Å². The number of morpholine rings is 1. The number of hydrogen-bond donors (Lipinski definition) is 2. The van der Waals surface area contributed by atoms with Crippen molar-refractivity contribution in [2.45, 2.75) is 13.8 Å². The lowest BCUT2D eigenvalue weighted by molar-refractivity contribution is -0.120. The Balaban J connectivity index is 1.67. The maximum absolute atomic E-state index is 12.0. The third kappa shape index (κ3) is 5.65. The summed E-state index contributed by atoms with van der Waals surface area (Å²) in [6.45, 7) is 8.65. The van der Waals surface area contributed by atoms with Gasteiger partial charge in [0.2, 0.25) is 5.91 Å². The average molecular weight is 319 g/mol. The fourth-order valence-electron chi connectivity index (χ4n) is 2.39. The van der Waals surface area contributed by atoms with E-state index in [0.29, 0.717) is 12.1 Å². The van der Waals surface area contributed by atoms with Gasteiger partial charge in [0, 0.05) is 31.7 Å². The molecule has 0 atom stereocenters. The smallest absolute Gasteiger partial charge is 0.251 e. The van der Waals surface area contributed by atoms with Crippen LogP contribution in [0.2, 0.25) is 0 Å². The van der Waals surface area contributed by atoms with Crippen LogP contribution >= 0.6 is 0 Å². The Morgan fingerprint density at radius 1 is 1.13 bits per heavy atom. The van der Waals surface area contributed by atoms with E-state index in [9.17, 15) is 9.59 Å². The molecule has 0 radical (unpaired) electrons. The van der Waals surface area contributed by atoms with Gasteiger partial charge in [-0.25, -0.2) is 0 Å². The van der Waals surface area contributed by atoms with Crippen LogP contribution in [0.4, 0.5) is 0 Å². The van der Waals surface area contributed by atoms with E-state index in [1.54, 1.807) is 6.07 Å². The van der Waals surface area contributed by atoms with Crippen molar-refractivity contribution in [2.24, 2.45) is 0 Å². The van der Waals surface area contributed by atoms with Gasteiger partial charge in [0.15, 0.2) is 0 Å². The van der Waals surface area contributed by atoms with Gasteiger partial charge in [-0.2, -0.15) is 0 Å². The summed E-state index contributed by atoms with van der Waals surface area (Å²) in [6.07, 6.45) is 0. The molecule has 126 valence electrons. The number of rotatable bonds is 6. The second-order valence-corrected chi connectivity index (χ2v) is 5.79. The quantitative estimate of drug-likeness (QED) is 0.800. The van der Waals surface area contributed by atoms with Gasteiger partial charge in [-0.3, -0.25) is 14.5 Å². The van der Waals surface area contributed by atoms with Gasteiger partial charge < -0.3 is 15.4 Å². The van der Waals surface area contributed by atoms with Gasteiger partial charge in [-0.05, 0) is 37.1 Å². The highest BCUT2D eigenvalue weighted by atomic mass is 16.5. The predicted molar refractivity (Wildman–Crippen MR) is 88.5 cm³/mol. The molecular formula is C17H25N3O3. The van der Waals surface area contributed by atoms with Crippen LogP contribution in [0.15, 0.2) is 18.2 Å². The van der Waals surface area contributed by atoms with Gasteiger partial charge in [0.05, 0.1) is 19.8 Å². The van der Waals surface area contributed by atoms with E-state index in [4.69, 9.17) is 4.74 Å². The number of benzene rings is 1. The van der Waals surface area contributed by atoms with Gasteiger partial charge >= 0.3 is 0 Å². The van der Waals surface area contributed by atoms with Crippen LogP contribution in [-0.4, -0.2) is 62.7 Å². The molecule has 6 heteroatoms. The zero-order valence-electron chi connectivity index (χ0n) is 13.9. The molecule has 2 amide bonds. The normalized spacial score (nSPS) is 15.2. The molecule has 0 aliphatic carbocycles. The van der Waals surface area contributed by atoms with Gasteiger partial charge in [-0.1, -0.05) is 6.07 Å². The summed E-state index contributed by atoms with van der Waals surface area (Å²) in [7, 11) is 0. The summed E-state index contributed by atoms with van der Waals surface area (Å²) < 4.78 is 5.27. The molecule has 1 aliphatic heterocycles. The van der Waals surface area contributed by atoms with E-state index < -0.39 is 0 Å². The monoisotopic (exact) mass is 319 g/mol. The number of aryl methyl sites for hydroxylation is 2. The molecule has 2 N–H and O–H groups in total. The maximum atomic E-state index is 12.0. The average Bonchev–Trinajstić information content (AvgIpc) is 2.56. The zero-order chi connectivity index (χ0) is 16.7. The second-order valence-electron chi connectivity index (χ2n) is 5.79. The van der Waals surface area contributed by atoms with Crippen LogP contribution in [-0.2, 0) is 9.53 Å². The van der Waals surface area contributed by atoms with E-state index in [2.05, 4.69) is 15.5 Å². The summed E-state index contributed by atoms with van der Waals surface area (Å²) in [5.41, 5.74) is 2.78. The van der Waals surface area contributed by atoms with Crippen LogP contribution < -0.4 is 10.6 Å². The standard InChI is InChI=1S/C17H25N3O3/c1-13-3-4-15(11-14(13)2)17(22)19-12-16(21)18-5-6-20-7-9-23-10-8-20/h3-4,11H,5-10,12H2,1-2H3,(H,18,21)(H,19,22). The van der Waals surface area contributed by atoms with Crippen molar-refractivity contribution in [3.8, 4) is 0 Å². The summed E-state index contributed by atoms with van der Waals surface area (Å²) in [4.78, 5) is 26.0. The van der Waals surface area contributed by atoms with E-state index in [1.165, 1.54) is 0 Å². The molecule has 1 aromatic rings. The number of nitrogens with one attached hydrogen (secondary N) is 2. The fourth-order valence-corrected chi connectivity index (χ4v) is 2.39. The number of carbonyl (C=O) groups is 2. The van der Waals surface area contributed by atoms with Crippen molar-refractivity contribution in [2.75, 3.05) is 45.9 Å². The Kier molecular flexibility index (Phi) is 6.55. The lowest BCUT2D eigenvalue weighted by atomic mass is 10.1. The van der Waals surface area contributed by atoms with Crippen LogP contribution in [0.1, 0.15) is 21.5 Å². The van der Waals surface area contributed by atoms with E-state index in [-0.39, 0.29) is 18.4 Å². The lowest BCUT2D eigenvalue weighted by Crippen LogP contribution is -2.43. The highest BCUT2D eigenvalue weighted by Crippen LogP contribution is 2.09. The van der Waals surface area contributed by atoms with Crippen LogP contribution in [0, 0.1) is 13.8 Å². The Morgan fingerprint density at radius 3 is 2.57 bits per heavy atom. The third-order valence-electron chi connectivity index (χ3n) is 4.03. The highest BCUT2D eigenvalue weighted by Gasteiger charge is 2.11. The lowest BCUT2D eigenvalue weighted by Gasteiger charge is -2.26. The van der Waals surface area contributed by atoms with E-state index >= 15 is 0 Å². The predicted octanol–water partition coefficient (Wildman–Crippen LogP) is 0.482. The molecule has 23 heavy (non-hydrogen) atoms. The molecule has 0 saturated carbocycles. The van der Waals surface area contributed by atoms with Crippen molar-refractivity contribution in [1.82, 2.24) is 15.5 Å². The Morgan fingerprint density at radius 2 is 1.87 bits per heavy atom. The molecule has 0 aromatic heterocycles. The minimum atomic E-state index is -0.226. The summed E-state index contributed by atoms with van der Waals surface area (Å²) >= 11 is 0. The second kappa shape index (κ2) is 8.64. The highest BCUT2D eigenvalue weighted by molar-refractivity contribution is 5.96. The number of ether oxygens (including phenoxy) is 1. The molecule has 1 fully saturated rings. The van der Waals surface area contributed by atoms with Crippen LogP contribution in [0.25, 0.3) is 0 Å².